The topological polar surface area (TPSA) is 63.3 Å². The molecule has 2 rings (SSSR count). The molecule has 0 unspecified atom stereocenters. The molecule has 1 radical (unpaired) electrons. The molecule has 0 saturated carbocycles. The summed E-state index contributed by atoms with van der Waals surface area (Å²) in [4.78, 5) is 14.4. The fourth-order valence-electron chi connectivity index (χ4n) is 0.993. The van der Waals surface area contributed by atoms with Gasteiger partial charge in [-0.25, -0.2) is 9.78 Å². The normalized spacial score (nSPS) is 10.3. The van der Waals surface area contributed by atoms with E-state index in [1.54, 1.807) is 6.07 Å². The Morgan fingerprint density at radius 3 is 3.25 bits per heavy atom. The summed E-state index contributed by atoms with van der Waals surface area (Å²) >= 11 is 0. The number of hydrogen-bond donors (Lipinski definition) is 1. The molecule has 0 bridgehead atoms. The lowest BCUT2D eigenvalue weighted by atomic mass is 10.2. The largest absolute Gasteiger partial charge is 0.478 e. The first kappa shape index (κ1) is 6.84. The second kappa shape index (κ2) is 2.34. The Hall–Kier alpha value is -1.84. The van der Waals surface area contributed by atoms with Gasteiger partial charge in [-0.2, -0.15) is 0 Å². The maximum atomic E-state index is 10.6. The van der Waals surface area contributed by atoms with E-state index in [0.717, 1.165) is 0 Å². The van der Waals surface area contributed by atoms with Gasteiger partial charge in [-0.05, 0) is 18.2 Å². The van der Waals surface area contributed by atoms with Crippen LogP contribution in [0.4, 0.5) is 0 Å². The standard InChI is InChI=1S/C8H4NO3/c10-8(11)5-2-1-3-6-7(5)9-4-12-6/h1,3-4H,(H,10,11). The molecule has 0 spiro atoms. The van der Waals surface area contributed by atoms with Crippen LogP contribution in [0.15, 0.2) is 22.9 Å². The Bertz CT molecular complexity index is 433. The number of aromatic nitrogens is 1. The maximum absolute atomic E-state index is 10.6. The molecule has 4 heteroatoms. The predicted octanol–water partition coefficient (Wildman–Crippen LogP) is 1.33. The van der Waals surface area contributed by atoms with E-state index in [-0.39, 0.29) is 5.56 Å². The smallest absolute Gasteiger partial charge is 0.338 e. The van der Waals surface area contributed by atoms with Crippen LogP contribution in [0.3, 0.4) is 0 Å². The molecule has 0 atom stereocenters. The van der Waals surface area contributed by atoms with E-state index in [1.807, 2.05) is 0 Å². The van der Waals surface area contributed by atoms with Crippen molar-refractivity contribution in [2.75, 3.05) is 0 Å². The lowest BCUT2D eigenvalue weighted by Gasteiger charge is -1.91. The molecule has 0 aliphatic heterocycles. The van der Waals surface area contributed by atoms with Crippen LogP contribution in [0, 0.1) is 6.07 Å². The highest BCUT2D eigenvalue weighted by atomic mass is 16.4. The molecular weight excluding hydrogens is 158 g/mol. The van der Waals surface area contributed by atoms with Gasteiger partial charge in [0.1, 0.15) is 5.52 Å². The molecular formula is C8H4NO3. The molecule has 59 valence electrons. The maximum Gasteiger partial charge on any atom is 0.338 e. The molecule has 1 N–H and O–H groups in total. The van der Waals surface area contributed by atoms with E-state index < -0.39 is 5.97 Å². The van der Waals surface area contributed by atoms with E-state index in [9.17, 15) is 4.79 Å². The Morgan fingerprint density at radius 1 is 1.67 bits per heavy atom. The lowest BCUT2D eigenvalue weighted by Crippen LogP contribution is -1.96. The zero-order valence-electron chi connectivity index (χ0n) is 5.94. The summed E-state index contributed by atoms with van der Waals surface area (Å²) in [5, 5.41) is 8.69. The van der Waals surface area contributed by atoms with E-state index in [1.165, 1.54) is 12.5 Å². The van der Waals surface area contributed by atoms with Gasteiger partial charge in [0.05, 0.1) is 5.56 Å². The molecule has 0 aliphatic rings. The molecule has 0 fully saturated rings. The van der Waals surface area contributed by atoms with Gasteiger partial charge in [0.15, 0.2) is 12.0 Å². The van der Waals surface area contributed by atoms with E-state index >= 15 is 0 Å². The molecule has 1 aromatic carbocycles. The van der Waals surface area contributed by atoms with E-state index in [4.69, 9.17) is 9.52 Å². The summed E-state index contributed by atoms with van der Waals surface area (Å²) in [5.74, 6) is -1.05. The molecule has 1 heterocycles. The monoisotopic (exact) mass is 162 g/mol. The fraction of sp³-hybridized carbons (Fsp3) is 0. The minimum absolute atomic E-state index is 0.0428. The first-order valence-electron chi connectivity index (χ1n) is 3.26. The van der Waals surface area contributed by atoms with Gasteiger partial charge in [-0.15, -0.1) is 0 Å². The third-order valence-corrected chi connectivity index (χ3v) is 1.51. The number of nitrogens with zero attached hydrogens (tertiary/aromatic N) is 1. The van der Waals surface area contributed by atoms with Gasteiger partial charge in [-0.3, -0.25) is 0 Å². The van der Waals surface area contributed by atoms with Crippen molar-refractivity contribution in [3.63, 3.8) is 0 Å². The summed E-state index contributed by atoms with van der Waals surface area (Å²) in [7, 11) is 0. The number of hydrogen-bond acceptors (Lipinski definition) is 3. The highest BCUT2D eigenvalue weighted by molar-refractivity contribution is 5.99. The number of carboxylic acid groups (broad SMARTS) is 1. The van der Waals surface area contributed by atoms with Crippen molar-refractivity contribution in [3.8, 4) is 0 Å². The van der Waals surface area contributed by atoms with Crippen molar-refractivity contribution >= 4 is 17.1 Å². The van der Waals surface area contributed by atoms with Crippen LogP contribution in [-0.2, 0) is 0 Å². The van der Waals surface area contributed by atoms with Crippen LogP contribution in [-0.4, -0.2) is 16.1 Å². The molecule has 1 aromatic heterocycles. The number of benzene rings is 1. The second-order valence-electron chi connectivity index (χ2n) is 2.22. The molecule has 12 heavy (non-hydrogen) atoms. The second-order valence-corrected chi connectivity index (χ2v) is 2.22. The van der Waals surface area contributed by atoms with Crippen LogP contribution in [0.2, 0.25) is 0 Å². The Balaban J connectivity index is 2.82. The third-order valence-electron chi connectivity index (χ3n) is 1.51. The highest BCUT2D eigenvalue weighted by Gasteiger charge is 2.10. The van der Waals surface area contributed by atoms with Gasteiger partial charge >= 0.3 is 5.97 Å². The summed E-state index contributed by atoms with van der Waals surface area (Å²) in [6, 6.07) is 5.69. The van der Waals surface area contributed by atoms with Crippen molar-refractivity contribution in [2.24, 2.45) is 0 Å². The molecule has 4 nitrogen and oxygen atoms in total. The summed E-state index contributed by atoms with van der Waals surface area (Å²) < 4.78 is 4.91. The van der Waals surface area contributed by atoms with Gasteiger partial charge in [-0.1, -0.05) is 0 Å². The average Bonchev–Trinajstić information content (AvgIpc) is 2.49. The van der Waals surface area contributed by atoms with Crippen molar-refractivity contribution < 1.29 is 14.3 Å². The number of oxazole rings is 1. The quantitative estimate of drug-likeness (QED) is 0.686. The number of aromatic carboxylic acids is 1. The lowest BCUT2D eigenvalue weighted by molar-refractivity contribution is 0.0698. The van der Waals surface area contributed by atoms with Crippen LogP contribution in [0.1, 0.15) is 10.4 Å². The van der Waals surface area contributed by atoms with Crippen LogP contribution in [0.5, 0.6) is 0 Å². The van der Waals surface area contributed by atoms with Crippen molar-refractivity contribution in [3.05, 3.63) is 30.2 Å². The number of rotatable bonds is 1. The SMILES string of the molecule is O=C(O)c1[c]ccc2ocnc12. The van der Waals surface area contributed by atoms with Gasteiger partial charge in [0, 0.05) is 0 Å². The molecule has 2 aromatic rings. The molecule has 0 aliphatic carbocycles. The minimum Gasteiger partial charge on any atom is -0.478 e. The van der Waals surface area contributed by atoms with Gasteiger partial charge in [0.2, 0.25) is 0 Å². The zero-order valence-corrected chi connectivity index (χ0v) is 5.94. The predicted molar refractivity (Wildman–Crippen MR) is 39.8 cm³/mol. The third kappa shape index (κ3) is 0.852. The summed E-state index contributed by atoms with van der Waals surface area (Å²) in [6.45, 7) is 0. The van der Waals surface area contributed by atoms with Crippen LogP contribution >= 0.6 is 0 Å². The first-order chi connectivity index (χ1) is 5.79. The van der Waals surface area contributed by atoms with E-state index in [2.05, 4.69) is 11.1 Å². The first-order valence-corrected chi connectivity index (χ1v) is 3.26. The Kier molecular flexibility index (Phi) is 1.33. The van der Waals surface area contributed by atoms with Crippen LogP contribution < -0.4 is 0 Å². The van der Waals surface area contributed by atoms with Crippen LogP contribution in [0.25, 0.3) is 11.1 Å². The average molecular weight is 162 g/mol. The van der Waals surface area contributed by atoms with Crippen molar-refractivity contribution in [1.82, 2.24) is 4.98 Å². The Labute approximate surface area is 67.4 Å². The number of carboxylic acids is 1. The number of fused-ring (bicyclic) bond motifs is 1. The molecule has 0 saturated heterocycles. The minimum atomic E-state index is -1.05. The summed E-state index contributed by atoms with van der Waals surface area (Å²) in [5.41, 5.74) is 0.845. The summed E-state index contributed by atoms with van der Waals surface area (Å²) in [6.07, 6.45) is 1.21. The fourth-order valence-corrected chi connectivity index (χ4v) is 0.993. The Morgan fingerprint density at radius 2 is 2.50 bits per heavy atom. The zero-order chi connectivity index (χ0) is 8.55. The number of carbonyl (C=O) groups is 1. The van der Waals surface area contributed by atoms with Gasteiger partial charge in [0.25, 0.3) is 0 Å². The highest BCUT2D eigenvalue weighted by Crippen LogP contribution is 2.15. The molecule has 0 amide bonds. The van der Waals surface area contributed by atoms with E-state index in [0.29, 0.717) is 11.1 Å². The van der Waals surface area contributed by atoms with Crippen molar-refractivity contribution in [2.45, 2.75) is 0 Å². The van der Waals surface area contributed by atoms with Gasteiger partial charge < -0.3 is 9.52 Å². The van der Waals surface area contributed by atoms with Crippen molar-refractivity contribution in [1.29, 1.82) is 0 Å².